The number of hydrogen-bond donors (Lipinski definition) is 2. The lowest BCUT2D eigenvalue weighted by Crippen LogP contribution is -2.40. The summed E-state index contributed by atoms with van der Waals surface area (Å²) in [5.41, 5.74) is 0. The minimum absolute atomic E-state index is 0.0841. The van der Waals surface area contributed by atoms with Gasteiger partial charge >= 0.3 is 0 Å². The Hall–Kier alpha value is -0.700. The van der Waals surface area contributed by atoms with Gasteiger partial charge < -0.3 is 5.11 Å². The molecule has 0 aromatic carbocycles. The molecular weight excluding hydrogens is 308 g/mol. The number of carbonyl (C=O) groups excluding carboxylic acids is 1. The monoisotopic (exact) mass is 330 g/mol. The summed E-state index contributed by atoms with van der Waals surface area (Å²) in [6.45, 7) is 5.47. The molecule has 2 unspecified atom stereocenters. The first-order valence-corrected chi connectivity index (χ1v) is 9.01. The predicted octanol–water partition coefficient (Wildman–Crippen LogP) is 1.68. The van der Waals surface area contributed by atoms with Crippen LogP contribution in [-0.4, -0.2) is 56.8 Å². The molecule has 2 atom stereocenters. The van der Waals surface area contributed by atoms with Crippen LogP contribution in [0, 0.1) is 5.92 Å². The summed E-state index contributed by atoms with van der Waals surface area (Å²) in [5, 5.41) is 13.5. The van der Waals surface area contributed by atoms with Crippen molar-refractivity contribution in [2.24, 2.45) is 5.92 Å². The number of rotatable bonds is 7. The van der Waals surface area contributed by atoms with Crippen molar-refractivity contribution in [1.82, 2.24) is 14.3 Å². The van der Waals surface area contributed by atoms with Gasteiger partial charge in [0.1, 0.15) is 0 Å². The Morgan fingerprint density at radius 1 is 1.62 bits per heavy atom. The molecule has 8 heteroatoms. The van der Waals surface area contributed by atoms with E-state index in [1.54, 1.807) is 11.8 Å². The summed E-state index contributed by atoms with van der Waals surface area (Å²) in [6, 6.07) is 0.0841. The number of nitrogens with one attached hydrogen (secondary N) is 1. The zero-order chi connectivity index (χ0) is 15.2. The summed E-state index contributed by atoms with van der Waals surface area (Å²) in [7, 11) is 0. The van der Waals surface area contributed by atoms with Gasteiger partial charge in [-0.2, -0.15) is 9.36 Å². The third kappa shape index (κ3) is 4.64. The van der Waals surface area contributed by atoms with Crippen LogP contribution in [-0.2, 0) is 4.79 Å². The second-order valence-corrected chi connectivity index (χ2v) is 7.08. The van der Waals surface area contributed by atoms with Gasteiger partial charge in [0.25, 0.3) is 0 Å². The van der Waals surface area contributed by atoms with Crippen molar-refractivity contribution in [1.29, 1.82) is 0 Å². The molecule has 1 amide bonds. The highest BCUT2D eigenvalue weighted by Crippen LogP contribution is 2.24. The van der Waals surface area contributed by atoms with Crippen LogP contribution in [0.3, 0.4) is 0 Å². The summed E-state index contributed by atoms with van der Waals surface area (Å²) in [6.07, 6.45) is 2.09. The van der Waals surface area contributed by atoms with E-state index >= 15 is 0 Å². The van der Waals surface area contributed by atoms with E-state index in [4.69, 9.17) is 0 Å². The Morgan fingerprint density at radius 2 is 2.43 bits per heavy atom. The normalized spacial score (nSPS) is 22.6. The van der Waals surface area contributed by atoms with E-state index in [0.717, 1.165) is 30.3 Å². The molecule has 1 fully saturated rings. The molecule has 1 aliphatic heterocycles. The number of nitrogens with zero attached hydrogens (tertiary/aromatic N) is 3. The van der Waals surface area contributed by atoms with Gasteiger partial charge in [-0.05, 0) is 25.3 Å². The van der Waals surface area contributed by atoms with E-state index in [2.05, 4.69) is 28.5 Å². The topological polar surface area (TPSA) is 78.4 Å². The maximum absolute atomic E-state index is 12.1. The predicted molar refractivity (Wildman–Crippen MR) is 85.8 cm³/mol. The van der Waals surface area contributed by atoms with Crippen LogP contribution in [0.5, 0.6) is 0 Å². The molecule has 1 aromatic heterocycles. The summed E-state index contributed by atoms with van der Waals surface area (Å²) >= 11 is 2.81. The molecule has 1 aliphatic rings. The van der Waals surface area contributed by atoms with Crippen LogP contribution in [0.25, 0.3) is 0 Å². The average Bonchev–Trinajstić information content (AvgIpc) is 3.03. The number of aliphatic hydroxyl groups excluding tert-OH is 1. The SMILES string of the molecule is CCCSc1nsc(NC(=O)CN2CCC(C)C2CO)n1. The molecule has 0 aliphatic carbocycles. The van der Waals surface area contributed by atoms with Crippen molar-refractivity contribution in [3.8, 4) is 0 Å². The van der Waals surface area contributed by atoms with Crippen molar-refractivity contribution in [3.63, 3.8) is 0 Å². The molecule has 6 nitrogen and oxygen atoms in total. The highest BCUT2D eigenvalue weighted by molar-refractivity contribution is 7.99. The fraction of sp³-hybridized carbons (Fsp3) is 0.769. The van der Waals surface area contributed by atoms with Crippen molar-refractivity contribution in [2.75, 3.05) is 30.8 Å². The number of aliphatic hydroxyl groups is 1. The smallest absolute Gasteiger partial charge is 0.240 e. The first-order chi connectivity index (χ1) is 10.1. The van der Waals surface area contributed by atoms with Gasteiger partial charge in [0.2, 0.25) is 16.2 Å². The Bertz CT molecular complexity index is 469. The fourth-order valence-electron chi connectivity index (χ4n) is 2.44. The molecule has 0 spiro atoms. The average molecular weight is 330 g/mol. The molecule has 0 saturated carbocycles. The number of hydrogen-bond acceptors (Lipinski definition) is 7. The van der Waals surface area contributed by atoms with E-state index in [9.17, 15) is 9.90 Å². The molecule has 1 saturated heterocycles. The third-order valence-corrected chi connectivity index (χ3v) is 5.42. The van der Waals surface area contributed by atoms with Gasteiger partial charge in [-0.1, -0.05) is 25.6 Å². The molecule has 0 bridgehead atoms. The molecular formula is C13H22N4O2S2. The van der Waals surface area contributed by atoms with Gasteiger partial charge in [0.15, 0.2) is 0 Å². The maximum Gasteiger partial charge on any atom is 0.240 e. The number of thioether (sulfide) groups is 1. The zero-order valence-electron chi connectivity index (χ0n) is 12.4. The fourth-order valence-corrected chi connectivity index (χ4v) is 3.85. The van der Waals surface area contributed by atoms with Gasteiger partial charge in [-0.15, -0.1) is 0 Å². The highest BCUT2D eigenvalue weighted by atomic mass is 32.2. The molecule has 2 rings (SSSR count). The van der Waals surface area contributed by atoms with Crippen molar-refractivity contribution in [3.05, 3.63) is 0 Å². The molecule has 21 heavy (non-hydrogen) atoms. The van der Waals surface area contributed by atoms with Crippen LogP contribution < -0.4 is 5.32 Å². The summed E-state index contributed by atoms with van der Waals surface area (Å²) < 4.78 is 4.21. The van der Waals surface area contributed by atoms with Crippen LogP contribution in [0.2, 0.25) is 0 Å². The number of amides is 1. The molecule has 0 radical (unpaired) electrons. The summed E-state index contributed by atoms with van der Waals surface area (Å²) in [5.74, 6) is 1.32. The van der Waals surface area contributed by atoms with E-state index in [0.29, 0.717) is 17.6 Å². The van der Waals surface area contributed by atoms with Gasteiger partial charge in [0.05, 0.1) is 13.2 Å². The van der Waals surface area contributed by atoms with Crippen LogP contribution in [0.4, 0.5) is 5.13 Å². The van der Waals surface area contributed by atoms with E-state index in [1.165, 1.54) is 11.5 Å². The van der Waals surface area contributed by atoms with Crippen LogP contribution >= 0.6 is 23.3 Å². The van der Waals surface area contributed by atoms with E-state index in [1.807, 2.05) is 4.90 Å². The van der Waals surface area contributed by atoms with Gasteiger partial charge in [-0.3, -0.25) is 15.0 Å². The number of carbonyl (C=O) groups is 1. The van der Waals surface area contributed by atoms with Crippen molar-refractivity contribution in [2.45, 2.75) is 37.9 Å². The number of likely N-dealkylation sites (tertiary alicyclic amines) is 1. The number of anilines is 1. The second-order valence-electron chi connectivity index (χ2n) is 5.27. The largest absolute Gasteiger partial charge is 0.395 e. The zero-order valence-corrected chi connectivity index (χ0v) is 14.0. The van der Waals surface area contributed by atoms with Crippen LogP contribution in [0.1, 0.15) is 26.7 Å². The Labute approximate surface area is 133 Å². The van der Waals surface area contributed by atoms with E-state index < -0.39 is 0 Å². The standard InChI is InChI=1S/C13H22N4O2S2/c1-3-6-20-13-15-12(21-16-13)14-11(19)7-17-5-4-9(2)10(17)8-18/h9-10,18H,3-8H2,1-2H3,(H,14,15,16,19). The van der Waals surface area contributed by atoms with Crippen LogP contribution in [0.15, 0.2) is 5.16 Å². The van der Waals surface area contributed by atoms with Gasteiger partial charge in [-0.25, -0.2) is 0 Å². The Kier molecular flexibility index (Phi) is 6.40. The summed E-state index contributed by atoms with van der Waals surface area (Å²) in [4.78, 5) is 18.4. The Balaban J connectivity index is 1.83. The highest BCUT2D eigenvalue weighted by Gasteiger charge is 2.31. The minimum Gasteiger partial charge on any atom is -0.395 e. The molecule has 2 heterocycles. The molecule has 2 N–H and O–H groups in total. The lowest BCUT2D eigenvalue weighted by atomic mass is 10.0. The lowest BCUT2D eigenvalue weighted by molar-refractivity contribution is -0.117. The van der Waals surface area contributed by atoms with Crippen molar-refractivity contribution >= 4 is 34.3 Å². The quantitative estimate of drug-likeness (QED) is 0.741. The third-order valence-electron chi connectivity index (χ3n) is 3.62. The maximum atomic E-state index is 12.1. The van der Waals surface area contributed by atoms with Crippen molar-refractivity contribution < 1.29 is 9.90 Å². The minimum atomic E-state index is -0.0919. The van der Waals surface area contributed by atoms with Gasteiger partial charge in [0, 0.05) is 23.3 Å². The number of aromatic nitrogens is 2. The Morgan fingerprint density at radius 3 is 3.14 bits per heavy atom. The first kappa shape index (κ1) is 16.7. The molecule has 1 aromatic rings. The molecule has 118 valence electrons. The first-order valence-electron chi connectivity index (χ1n) is 7.25. The second kappa shape index (κ2) is 8.07. The lowest BCUT2D eigenvalue weighted by Gasteiger charge is -2.23. The van der Waals surface area contributed by atoms with E-state index in [-0.39, 0.29) is 18.6 Å².